The highest BCUT2D eigenvalue weighted by Crippen LogP contribution is 2.36. The number of aromatic nitrogens is 3. The number of likely N-dealkylation sites (tertiary alicyclic amines) is 1. The van der Waals surface area contributed by atoms with E-state index in [0.29, 0.717) is 36.6 Å². The number of ether oxygens (including phenoxy) is 1. The smallest absolute Gasteiger partial charge is 0.261 e. The number of fused-ring (bicyclic) bond motifs is 4. The number of methoxy groups -OCH3 is 1. The Morgan fingerprint density at radius 2 is 2.03 bits per heavy atom. The highest BCUT2D eigenvalue weighted by molar-refractivity contribution is 5.94. The second-order valence-corrected chi connectivity index (χ2v) is 8.31. The third-order valence-electron chi connectivity index (χ3n) is 6.35. The molecule has 5 rings (SSSR count). The lowest BCUT2D eigenvalue weighted by atomic mass is 9.82. The summed E-state index contributed by atoms with van der Waals surface area (Å²) in [7, 11) is 3.25. The molecule has 0 saturated carbocycles. The van der Waals surface area contributed by atoms with Crippen molar-refractivity contribution in [1.82, 2.24) is 19.0 Å². The van der Waals surface area contributed by atoms with Gasteiger partial charge in [0.25, 0.3) is 11.5 Å². The summed E-state index contributed by atoms with van der Waals surface area (Å²) in [5, 5.41) is 0. The molecule has 31 heavy (non-hydrogen) atoms. The van der Waals surface area contributed by atoms with Crippen LogP contribution in [-0.2, 0) is 13.6 Å². The standard InChI is InChI=1S/C23H23FN4O3/c1-26-8-7-25-21(26)17-4-6-19-16-9-14(12-28(19)23(17)30)11-27(13-16)22(29)15-3-5-18(24)20(10-15)31-2/h3-8,10,14,16H,9,11-13H2,1-2H3/t14-,16+/m0/s1. The highest BCUT2D eigenvalue weighted by Gasteiger charge is 2.37. The van der Waals surface area contributed by atoms with Crippen molar-refractivity contribution in [3.63, 3.8) is 0 Å². The van der Waals surface area contributed by atoms with E-state index in [9.17, 15) is 14.0 Å². The first-order valence-electron chi connectivity index (χ1n) is 10.3. The quantitative estimate of drug-likeness (QED) is 0.651. The van der Waals surface area contributed by atoms with Crippen molar-refractivity contribution in [1.29, 1.82) is 0 Å². The van der Waals surface area contributed by atoms with Gasteiger partial charge in [0.1, 0.15) is 5.82 Å². The van der Waals surface area contributed by atoms with Gasteiger partial charge in [-0.25, -0.2) is 9.37 Å². The number of hydrogen-bond donors (Lipinski definition) is 0. The Labute approximate surface area is 178 Å². The van der Waals surface area contributed by atoms with Gasteiger partial charge in [-0.05, 0) is 42.7 Å². The average Bonchev–Trinajstić information content (AvgIpc) is 3.20. The zero-order valence-corrected chi connectivity index (χ0v) is 17.4. The minimum absolute atomic E-state index is 0.0375. The topological polar surface area (TPSA) is 69.4 Å². The van der Waals surface area contributed by atoms with Crippen LogP contribution in [0.15, 0.2) is 47.5 Å². The predicted molar refractivity (Wildman–Crippen MR) is 113 cm³/mol. The molecule has 1 fully saturated rings. The van der Waals surface area contributed by atoms with Crippen molar-refractivity contribution < 1.29 is 13.9 Å². The molecule has 2 aliphatic rings. The second kappa shape index (κ2) is 7.37. The number of carbonyl (C=O) groups excluding carboxylic acids is 1. The van der Waals surface area contributed by atoms with Gasteiger partial charge in [-0.3, -0.25) is 9.59 Å². The molecule has 2 aliphatic heterocycles. The van der Waals surface area contributed by atoms with Gasteiger partial charge in [-0.2, -0.15) is 0 Å². The van der Waals surface area contributed by atoms with Crippen LogP contribution in [0, 0.1) is 11.7 Å². The maximum absolute atomic E-state index is 13.7. The number of halogens is 1. The summed E-state index contributed by atoms with van der Waals surface area (Å²) < 4.78 is 22.4. The summed E-state index contributed by atoms with van der Waals surface area (Å²) in [6.07, 6.45) is 4.45. The van der Waals surface area contributed by atoms with Gasteiger partial charge in [-0.1, -0.05) is 0 Å². The van der Waals surface area contributed by atoms with Gasteiger partial charge < -0.3 is 18.8 Å². The molecule has 1 aromatic carbocycles. The van der Waals surface area contributed by atoms with E-state index in [1.165, 1.54) is 25.3 Å². The van der Waals surface area contributed by atoms with E-state index in [4.69, 9.17) is 4.74 Å². The number of benzene rings is 1. The van der Waals surface area contributed by atoms with Crippen LogP contribution in [0.2, 0.25) is 0 Å². The largest absolute Gasteiger partial charge is 0.494 e. The predicted octanol–water partition coefficient (Wildman–Crippen LogP) is 2.66. The normalized spacial score (nSPS) is 19.8. The summed E-state index contributed by atoms with van der Waals surface area (Å²) in [6, 6.07) is 8.01. The van der Waals surface area contributed by atoms with Crippen molar-refractivity contribution in [2.75, 3.05) is 20.2 Å². The first-order valence-corrected chi connectivity index (χ1v) is 10.3. The molecule has 160 valence electrons. The fourth-order valence-corrected chi connectivity index (χ4v) is 4.88. The molecule has 0 radical (unpaired) electrons. The maximum atomic E-state index is 13.7. The van der Waals surface area contributed by atoms with Crippen LogP contribution >= 0.6 is 0 Å². The Balaban J connectivity index is 1.45. The molecule has 0 aliphatic carbocycles. The molecular formula is C23H23FN4O3. The lowest BCUT2D eigenvalue weighted by molar-refractivity contribution is 0.0594. The summed E-state index contributed by atoms with van der Waals surface area (Å²) in [5.41, 5.74) is 1.90. The summed E-state index contributed by atoms with van der Waals surface area (Å²) in [4.78, 5) is 32.4. The Morgan fingerprint density at radius 1 is 1.19 bits per heavy atom. The van der Waals surface area contributed by atoms with Crippen LogP contribution in [0.25, 0.3) is 11.4 Å². The minimum Gasteiger partial charge on any atom is -0.494 e. The lowest BCUT2D eigenvalue weighted by Crippen LogP contribution is -2.49. The molecule has 0 spiro atoms. The van der Waals surface area contributed by atoms with Crippen LogP contribution in [0.5, 0.6) is 5.75 Å². The summed E-state index contributed by atoms with van der Waals surface area (Å²) in [5.74, 6) is 0.341. The average molecular weight is 422 g/mol. The molecule has 2 atom stereocenters. The molecule has 0 N–H and O–H groups in total. The fraction of sp³-hybridized carbons (Fsp3) is 0.348. The van der Waals surface area contributed by atoms with E-state index in [0.717, 1.165) is 12.1 Å². The van der Waals surface area contributed by atoms with E-state index in [2.05, 4.69) is 4.98 Å². The Hall–Kier alpha value is -3.42. The Kier molecular flexibility index (Phi) is 4.64. The zero-order chi connectivity index (χ0) is 21.7. The molecule has 7 nitrogen and oxygen atoms in total. The number of amides is 1. The minimum atomic E-state index is -0.494. The first kappa shape index (κ1) is 19.5. The van der Waals surface area contributed by atoms with Crippen molar-refractivity contribution in [2.45, 2.75) is 18.9 Å². The van der Waals surface area contributed by atoms with Crippen LogP contribution < -0.4 is 10.3 Å². The summed E-state index contributed by atoms with van der Waals surface area (Å²) in [6.45, 7) is 1.66. The van der Waals surface area contributed by atoms with Crippen LogP contribution in [0.3, 0.4) is 0 Å². The molecule has 0 unspecified atom stereocenters. The molecule has 2 bridgehead atoms. The van der Waals surface area contributed by atoms with Gasteiger partial charge >= 0.3 is 0 Å². The van der Waals surface area contributed by atoms with Gasteiger partial charge in [0.2, 0.25) is 0 Å². The third kappa shape index (κ3) is 3.22. The molecular weight excluding hydrogens is 399 g/mol. The van der Waals surface area contributed by atoms with Crippen LogP contribution in [0.4, 0.5) is 4.39 Å². The van der Waals surface area contributed by atoms with Crippen molar-refractivity contribution >= 4 is 5.91 Å². The van der Waals surface area contributed by atoms with Gasteiger partial charge in [0.15, 0.2) is 11.6 Å². The summed E-state index contributed by atoms with van der Waals surface area (Å²) >= 11 is 0. The molecule has 1 amide bonds. The van der Waals surface area contributed by atoms with E-state index in [-0.39, 0.29) is 29.1 Å². The van der Waals surface area contributed by atoms with E-state index in [1.807, 2.05) is 39.4 Å². The second-order valence-electron chi connectivity index (χ2n) is 8.31. The Morgan fingerprint density at radius 3 is 2.77 bits per heavy atom. The van der Waals surface area contributed by atoms with E-state index >= 15 is 0 Å². The number of piperidine rings is 1. The number of imidazole rings is 1. The van der Waals surface area contributed by atoms with E-state index < -0.39 is 5.82 Å². The monoisotopic (exact) mass is 422 g/mol. The molecule has 3 aromatic rings. The van der Waals surface area contributed by atoms with Gasteiger partial charge in [0, 0.05) is 56.3 Å². The number of nitrogens with zero attached hydrogens (tertiary/aromatic N) is 4. The molecule has 2 aromatic heterocycles. The van der Waals surface area contributed by atoms with Gasteiger partial charge in [-0.15, -0.1) is 0 Å². The number of pyridine rings is 1. The maximum Gasteiger partial charge on any atom is 0.261 e. The fourth-order valence-electron chi connectivity index (χ4n) is 4.88. The molecule has 4 heterocycles. The number of rotatable bonds is 3. The zero-order valence-electron chi connectivity index (χ0n) is 17.4. The SMILES string of the molecule is COc1cc(C(=O)N2C[C@@H]3C[C@H](C2)c2ccc(-c4nccn4C)c(=O)n2C3)ccc1F. The van der Waals surface area contributed by atoms with Crippen molar-refractivity contribution in [2.24, 2.45) is 13.0 Å². The molecule has 1 saturated heterocycles. The third-order valence-corrected chi connectivity index (χ3v) is 6.35. The van der Waals surface area contributed by atoms with Gasteiger partial charge in [0.05, 0.1) is 12.7 Å². The van der Waals surface area contributed by atoms with E-state index in [1.54, 1.807) is 6.20 Å². The van der Waals surface area contributed by atoms with Crippen molar-refractivity contribution in [3.8, 4) is 17.1 Å². The first-order chi connectivity index (χ1) is 15.0. The highest BCUT2D eigenvalue weighted by atomic mass is 19.1. The van der Waals surface area contributed by atoms with Crippen molar-refractivity contribution in [3.05, 3.63) is 70.2 Å². The molecule has 8 heteroatoms. The Bertz CT molecular complexity index is 1230. The van der Waals surface area contributed by atoms with Crippen LogP contribution in [0.1, 0.15) is 28.4 Å². The number of carbonyl (C=O) groups is 1. The van der Waals surface area contributed by atoms with Crippen LogP contribution in [-0.4, -0.2) is 45.1 Å². The number of hydrogen-bond acceptors (Lipinski definition) is 4. The number of aryl methyl sites for hydroxylation is 1. The lowest BCUT2D eigenvalue weighted by Gasteiger charge is -2.43.